The van der Waals surface area contributed by atoms with Crippen LogP contribution in [0.3, 0.4) is 0 Å². The fourth-order valence-corrected chi connectivity index (χ4v) is 2.53. The molecule has 0 aromatic heterocycles. The topological polar surface area (TPSA) is 21.3 Å². The van der Waals surface area contributed by atoms with Crippen LogP contribution in [0.2, 0.25) is 5.02 Å². The van der Waals surface area contributed by atoms with Crippen LogP contribution in [0, 0.1) is 13.8 Å². The van der Waals surface area contributed by atoms with Crippen molar-refractivity contribution < 1.29 is 4.74 Å². The van der Waals surface area contributed by atoms with Crippen molar-refractivity contribution in [1.82, 2.24) is 5.32 Å². The fraction of sp³-hybridized carbons (Fsp3) is 0.333. The Morgan fingerprint density at radius 1 is 1.10 bits per heavy atom. The summed E-state index contributed by atoms with van der Waals surface area (Å²) in [5, 5.41) is 4.10. The molecule has 1 N–H and O–H groups in total. The number of benzene rings is 2. The molecule has 21 heavy (non-hydrogen) atoms. The summed E-state index contributed by atoms with van der Waals surface area (Å²) < 4.78 is 6.05. The van der Waals surface area contributed by atoms with Crippen LogP contribution in [-0.2, 0) is 13.2 Å². The van der Waals surface area contributed by atoms with Crippen molar-refractivity contribution in [1.29, 1.82) is 0 Å². The molecule has 112 valence electrons. The second kappa shape index (κ2) is 7.48. The lowest BCUT2D eigenvalue weighted by atomic mass is 10.1. The van der Waals surface area contributed by atoms with E-state index in [1.54, 1.807) is 0 Å². The van der Waals surface area contributed by atoms with E-state index in [-0.39, 0.29) is 0 Å². The van der Waals surface area contributed by atoms with Crippen molar-refractivity contribution in [2.45, 2.75) is 33.9 Å². The van der Waals surface area contributed by atoms with Crippen molar-refractivity contribution in [3.05, 3.63) is 63.7 Å². The number of rotatable bonds is 6. The summed E-state index contributed by atoms with van der Waals surface area (Å²) in [5.41, 5.74) is 4.50. The van der Waals surface area contributed by atoms with Gasteiger partial charge in [0.25, 0.3) is 0 Å². The lowest BCUT2D eigenvalue weighted by molar-refractivity contribution is 0.300. The van der Waals surface area contributed by atoms with Crippen molar-refractivity contribution in [3.8, 4) is 5.75 Å². The summed E-state index contributed by atoms with van der Waals surface area (Å²) in [4.78, 5) is 0. The number of ether oxygens (including phenoxy) is 1. The largest absolute Gasteiger partial charge is 0.488 e. The Labute approximate surface area is 132 Å². The predicted octanol–water partition coefficient (Wildman–Crippen LogP) is 4.65. The van der Waals surface area contributed by atoms with E-state index >= 15 is 0 Å². The van der Waals surface area contributed by atoms with Gasteiger partial charge in [0, 0.05) is 22.7 Å². The van der Waals surface area contributed by atoms with E-state index in [2.05, 4.69) is 43.4 Å². The number of nitrogens with one attached hydrogen (secondary N) is 1. The molecule has 2 rings (SSSR count). The maximum atomic E-state index is 6.27. The Bertz CT molecular complexity index is 610. The van der Waals surface area contributed by atoms with Gasteiger partial charge in [-0.1, -0.05) is 48.9 Å². The van der Waals surface area contributed by atoms with Crippen molar-refractivity contribution in [2.24, 2.45) is 0 Å². The lowest BCUT2D eigenvalue weighted by Gasteiger charge is -2.15. The molecule has 0 aliphatic carbocycles. The highest BCUT2D eigenvalue weighted by Crippen LogP contribution is 2.26. The first-order valence-electron chi connectivity index (χ1n) is 7.29. The summed E-state index contributed by atoms with van der Waals surface area (Å²) in [6, 6.07) is 12.3. The molecule has 0 bridgehead atoms. The van der Waals surface area contributed by atoms with Crippen LogP contribution >= 0.6 is 11.6 Å². The van der Waals surface area contributed by atoms with E-state index < -0.39 is 0 Å². The zero-order valence-corrected chi connectivity index (χ0v) is 13.6. The molecule has 0 spiro atoms. The van der Waals surface area contributed by atoms with Crippen LogP contribution in [0.25, 0.3) is 0 Å². The van der Waals surface area contributed by atoms with Gasteiger partial charge in [-0.3, -0.25) is 0 Å². The summed E-state index contributed by atoms with van der Waals surface area (Å²) in [6.45, 7) is 8.45. The zero-order chi connectivity index (χ0) is 15.2. The van der Waals surface area contributed by atoms with Gasteiger partial charge in [-0.25, -0.2) is 0 Å². The highest BCUT2D eigenvalue weighted by atomic mass is 35.5. The Morgan fingerprint density at radius 3 is 2.62 bits per heavy atom. The SMILES string of the molecule is CCNCc1cccc(C)c1OCc1ccc(C)cc1Cl. The van der Waals surface area contributed by atoms with Gasteiger partial charge < -0.3 is 10.1 Å². The maximum absolute atomic E-state index is 6.27. The third-order valence-electron chi connectivity index (χ3n) is 3.44. The molecule has 0 radical (unpaired) electrons. The van der Waals surface area contributed by atoms with Crippen LogP contribution in [0.5, 0.6) is 5.75 Å². The summed E-state index contributed by atoms with van der Waals surface area (Å²) in [7, 11) is 0. The monoisotopic (exact) mass is 303 g/mol. The van der Waals surface area contributed by atoms with E-state index in [4.69, 9.17) is 16.3 Å². The van der Waals surface area contributed by atoms with Crippen LogP contribution in [-0.4, -0.2) is 6.54 Å². The second-order valence-corrected chi connectivity index (χ2v) is 5.63. The maximum Gasteiger partial charge on any atom is 0.127 e. The molecular weight excluding hydrogens is 282 g/mol. The normalized spacial score (nSPS) is 10.7. The molecule has 0 heterocycles. The molecule has 0 saturated carbocycles. The van der Waals surface area contributed by atoms with Gasteiger partial charge in [0.1, 0.15) is 12.4 Å². The van der Waals surface area contributed by atoms with E-state index in [9.17, 15) is 0 Å². The Kier molecular flexibility index (Phi) is 5.66. The number of halogens is 1. The minimum absolute atomic E-state index is 0.489. The summed E-state index contributed by atoms with van der Waals surface area (Å²) in [6.07, 6.45) is 0. The first kappa shape index (κ1) is 15.9. The highest BCUT2D eigenvalue weighted by molar-refractivity contribution is 6.31. The molecule has 0 aliphatic heterocycles. The molecular formula is C18H22ClNO. The van der Waals surface area contributed by atoms with Crippen LogP contribution < -0.4 is 10.1 Å². The summed E-state index contributed by atoms with van der Waals surface area (Å²) in [5.74, 6) is 0.954. The smallest absolute Gasteiger partial charge is 0.127 e. The fourth-order valence-electron chi connectivity index (χ4n) is 2.24. The van der Waals surface area contributed by atoms with Gasteiger partial charge >= 0.3 is 0 Å². The van der Waals surface area contributed by atoms with Gasteiger partial charge in [0.05, 0.1) is 0 Å². The number of para-hydroxylation sites is 1. The van der Waals surface area contributed by atoms with Crippen LogP contribution in [0.1, 0.15) is 29.2 Å². The van der Waals surface area contributed by atoms with Crippen molar-refractivity contribution in [2.75, 3.05) is 6.54 Å². The average molecular weight is 304 g/mol. The number of aryl methyl sites for hydroxylation is 2. The Hall–Kier alpha value is -1.51. The second-order valence-electron chi connectivity index (χ2n) is 5.23. The molecule has 0 saturated heterocycles. The first-order chi connectivity index (χ1) is 10.1. The molecule has 0 fully saturated rings. The molecule has 0 aliphatic rings. The van der Waals surface area contributed by atoms with Crippen molar-refractivity contribution >= 4 is 11.6 Å². The molecule has 3 heteroatoms. The standard InChI is InChI=1S/C18H22ClNO/c1-4-20-11-15-7-5-6-14(3)18(15)21-12-16-9-8-13(2)10-17(16)19/h5-10,20H,4,11-12H2,1-3H3. The minimum Gasteiger partial charge on any atom is -0.488 e. The van der Waals surface area contributed by atoms with E-state index in [0.717, 1.165) is 40.6 Å². The highest BCUT2D eigenvalue weighted by Gasteiger charge is 2.08. The first-order valence-corrected chi connectivity index (χ1v) is 7.66. The van der Waals surface area contributed by atoms with Gasteiger partial charge in [-0.15, -0.1) is 0 Å². The molecule has 0 unspecified atom stereocenters. The van der Waals surface area contributed by atoms with Crippen LogP contribution in [0.15, 0.2) is 36.4 Å². The molecule has 2 aromatic carbocycles. The van der Waals surface area contributed by atoms with E-state index in [1.165, 1.54) is 5.56 Å². The minimum atomic E-state index is 0.489. The Balaban J connectivity index is 2.15. The van der Waals surface area contributed by atoms with Gasteiger partial charge in [0.2, 0.25) is 0 Å². The Morgan fingerprint density at radius 2 is 1.90 bits per heavy atom. The van der Waals surface area contributed by atoms with Crippen LogP contribution in [0.4, 0.5) is 0 Å². The average Bonchev–Trinajstić information content (AvgIpc) is 2.45. The van der Waals surface area contributed by atoms with E-state index in [0.29, 0.717) is 6.61 Å². The third-order valence-corrected chi connectivity index (χ3v) is 3.79. The predicted molar refractivity (Wildman–Crippen MR) is 89.1 cm³/mol. The number of hydrogen-bond acceptors (Lipinski definition) is 2. The van der Waals surface area contributed by atoms with E-state index in [1.807, 2.05) is 19.1 Å². The molecule has 2 aromatic rings. The van der Waals surface area contributed by atoms with Crippen molar-refractivity contribution in [3.63, 3.8) is 0 Å². The van der Waals surface area contributed by atoms with Gasteiger partial charge in [0.15, 0.2) is 0 Å². The molecule has 0 amide bonds. The third kappa shape index (κ3) is 4.23. The number of hydrogen-bond donors (Lipinski definition) is 1. The van der Waals surface area contributed by atoms with Gasteiger partial charge in [-0.05, 0) is 37.6 Å². The molecule has 2 nitrogen and oxygen atoms in total. The lowest BCUT2D eigenvalue weighted by Crippen LogP contribution is -2.13. The zero-order valence-electron chi connectivity index (χ0n) is 12.9. The summed E-state index contributed by atoms with van der Waals surface area (Å²) >= 11 is 6.27. The quantitative estimate of drug-likeness (QED) is 0.839. The van der Waals surface area contributed by atoms with Gasteiger partial charge in [-0.2, -0.15) is 0 Å². The molecule has 0 atom stereocenters.